The van der Waals surface area contributed by atoms with Crippen molar-refractivity contribution in [2.45, 2.75) is 44.6 Å². The fourth-order valence-corrected chi connectivity index (χ4v) is 6.12. The van der Waals surface area contributed by atoms with Crippen molar-refractivity contribution in [2.75, 3.05) is 7.05 Å². The van der Waals surface area contributed by atoms with Gasteiger partial charge in [-0.2, -0.15) is 0 Å². The van der Waals surface area contributed by atoms with Crippen molar-refractivity contribution >= 4 is 17.5 Å². The van der Waals surface area contributed by atoms with Gasteiger partial charge in [-0.3, -0.25) is 19.7 Å². The van der Waals surface area contributed by atoms with E-state index in [0.717, 1.165) is 19.3 Å². The molecule has 0 radical (unpaired) electrons. The molecule has 1 aromatic rings. The van der Waals surface area contributed by atoms with E-state index in [9.17, 15) is 19.7 Å². The molecule has 0 aromatic heterocycles. The monoisotopic (exact) mass is 371 g/mol. The lowest BCUT2D eigenvalue weighted by Crippen LogP contribution is -2.61. The lowest BCUT2D eigenvalue weighted by atomic mass is 9.47. The summed E-state index contributed by atoms with van der Waals surface area (Å²) in [5.74, 6) is 1.50. The third kappa shape index (κ3) is 3.19. The zero-order valence-electron chi connectivity index (χ0n) is 15.4. The molecule has 7 heteroatoms. The van der Waals surface area contributed by atoms with Crippen LogP contribution in [0.1, 0.15) is 48.9 Å². The number of nitro groups is 1. The summed E-state index contributed by atoms with van der Waals surface area (Å²) in [6.07, 6.45) is 6.77. The Morgan fingerprint density at radius 2 is 1.59 bits per heavy atom. The summed E-state index contributed by atoms with van der Waals surface area (Å²) in [6, 6.07) is 4.95. The van der Waals surface area contributed by atoms with Gasteiger partial charge in [-0.25, -0.2) is 0 Å². The lowest BCUT2D eigenvalue weighted by Gasteiger charge is -2.58. The quantitative estimate of drug-likeness (QED) is 0.614. The molecule has 2 amide bonds. The molecular weight excluding hydrogens is 346 g/mol. The summed E-state index contributed by atoms with van der Waals surface area (Å²) in [5.41, 5.74) is 0.111. The van der Waals surface area contributed by atoms with Crippen molar-refractivity contribution in [2.24, 2.45) is 23.2 Å². The fraction of sp³-hybridized carbons (Fsp3) is 0.600. The highest BCUT2D eigenvalue weighted by atomic mass is 16.6. The number of nitrogens with zero attached hydrogens (tertiary/aromatic N) is 1. The van der Waals surface area contributed by atoms with Gasteiger partial charge in [0, 0.05) is 30.2 Å². The van der Waals surface area contributed by atoms with Gasteiger partial charge in [-0.05, 0) is 68.4 Å². The Morgan fingerprint density at radius 1 is 1.07 bits per heavy atom. The molecule has 144 valence electrons. The molecule has 5 rings (SSSR count). The Balaban J connectivity index is 1.57. The zero-order valence-corrected chi connectivity index (χ0v) is 15.4. The molecule has 4 saturated carbocycles. The smallest absolute Gasteiger partial charge is 0.269 e. The number of carbonyl (C=O) groups is 2. The normalized spacial score (nSPS) is 32.0. The van der Waals surface area contributed by atoms with Crippen LogP contribution in [-0.2, 0) is 4.79 Å². The van der Waals surface area contributed by atoms with Crippen molar-refractivity contribution in [3.8, 4) is 0 Å². The highest BCUT2D eigenvalue weighted by Gasteiger charge is 2.56. The summed E-state index contributed by atoms with van der Waals surface area (Å²) in [4.78, 5) is 35.8. The molecule has 1 aromatic carbocycles. The van der Waals surface area contributed by atoms with Gasteiger partial charge in [0.1, 0.15) is 6.04 Å². The Morgan fingerprint density at radius 3 is 2.04 bits per heavy atom. The number of nitro benzene ring substituents is 1. The first-order valence-corrected chi connectivity index (χ1v) is 9.67. The molecule has 0 unspecified atom stereocenters. The van der Waals surface area contributed by atoms with Crippen LogP contribution < -0.4 is 10.6 Å². The lowest BCUT2D eigenvalue weighted by molar-refractivity contribution is -0.384. The molecule has 1 atom stereocenters. The van der Waals surface area contributed by atoms with Crippen LogP contribution >= 0.6 is 0 Å². The zero-order chi connectivity index (χ0) is 19.2. The van der Waals surface area contributed by atoms with Crippen LogP contribution in [0.4, 0.5) is 5.69 Å². The molecule has 4 aliphatic carbocycles. The Labute approximate surface area is 158 Å². The molecule has 2 N–H and O–H groups in total. The second-order valence-electron chi connectivity index (χ2n) is 8.60. The van der Waals surface area contributed by atoms with Gasteiger partial charge in [0.15, 0.2) is 0 Å². The number of rotatable bonds is 5. The summed E-state index contributed by atoms with van der Waals surface area (Å²) >= 11 is 0. The van der Waals surface area contributed by atoms with Gasteiger partial charge in [-0.15, -0.1) is 0 Å². The third-order valence-electron chi connectivity index (χ3n) is 6.82. The van der Waals surface area contributed by atoms with Gasteiger partial charge in [0.2, 0.25) is 5.91 Å². The molecule has 0 heterocycles. The topological polar surface area (TPSA) is 101 Å². The minimum Gasteiger partial charge on any atom is -0.357 e. The average Bonchev–Trinajstić information content (AvgIpc) is 2.64. The Bertz CT molecular complexity index is 739. The second kappa shape index (κ2) is 6.62. The summed E-state index contributed by atoms with van der Waals surface area (Å²) in [6.45, 7) is 0. The van der Waals surface area contributed by atoms with Crippen LogP contribution in [0.3, 0.4) is 0 Å². The van der Waals surface area contributed by atoms with E-state index in [1.54, 1.807) is 7.05 Å². The molecule has 4 aliphatic rings. The van der Waals surface area contributed by atoms with Gasteiger partial charge in [-0.1, -0.05) is 0 Å². The molecule has 27 heavy (non-hydrogen) atoms. The van der Waals surface area contributed by atoms with Gasteiger partial charge in [0.25, 0.3) is 11.6 Å². The van der Waals surface area contributed by atoms with E-state index in [1.165, 1.54) is 43.5 Å². The van der Waals surface area contributed by atoms with E-state index in [2.05, 4.69) is 10.6 Å². The van der Waals surface area contributed by atoms with E-state index in [4.69, 9.17) is 0 Å². The van der Waals surface area contributed by atoms with Gasteiger partial charge < -0.3 is 10.6 Å². The van der Waals surface area contributed by atoms with E-state index in [-0.39, 0.29) is 22.9 Å². The van der Waals surface area contributed by atoms with Gasteiger partial charge in [0.05, 0.1) is 4.92 Å². The third-order valence-corrected chi connectivity index (χ3v) is 6.82. The molecule has 4 fully saturated rings. The highest BCUT2D eigenvalue weighted by Crippen LogP contribution is 2.61. The number of amides is 2. The maximum absolute atomic E-state index is 12.8. The molecular formula is C20H25N3O4. The number of likely N-dealkylation sites (N-methyl/N-ethyl adjacent to an activating group) is 1. The van der Waals surface area contributed by atoms with E-state index >= 15 is 0 Å². The van der Waals surface area contributed by atoms with Crippen molar-refractivity contribution in [1.29, 1.82) is 0 Å². The van der Waals surface area contributed by atoms with E-state index in [0.29, 0.717) is 23.3 Å². The molecule has 0 aliphatic heterocycles. The van der Waals surface area contributed by atoms with Crippen LogP contribution in [0, 0.1) is 33.3 Å². The number of benzene rings is 1. The SMILES string of the molecule is CNC(=O)[C@@H](NC(=O)c1ccc([N+](=O)[O-])cc1)C12CC3CC(CC(C3)C1)C2. The second-order valence-corrected chi connectivity index (χ2v) is 8.60. The Kier molecular flexibility index (Phi) is 4.40. The number of hydrogen-bond donors (Lipinski definition) is 2. The van der Waals surface area contributed by atoms with Crippen molar-refractivity contribution in [3.05, 3.63) is 39.9 Å². The number of carbonyl (C=O) groups excluding carboxylic acids is 2. The maximum atomic E-state index is 12.8. The molecule has 7 nitrogen and oxygen atoms in total. The minimum atomic E-state index is -0.557. The molecule has 0 spiro atoms. The fourth-order valence-electron chi connectivity index (χ4n) is 6.12. The van der Waals surface area contributed by atoms with Crippen molar-refractivity contribution in [1.82, 2.24) is 10.6 Å². The predicted molar refractivity (Wildman–Crippen MR) is 99.0 cm³/mol. The standard InChI is InChI=1S/C20H25N3O4/c1-21-19(25)17(20-9-12-6-13(10-20)8-14(7-12)11-20)22-18(24)15-2-4-16(5-3-15)23(26)27/h2-5,12-14,17H,6-11H2,1H3,(H,21,25)(H,22,24)/t12?,13?,14?,17-,20?/m1/s1. The Hall–Kier alpha value is -2.44. The molecule has 0 saturated heterocycles. The summed E-state index contributed by atoms with van der Waals surface area (Å²) < 4.78 is 0. The summed E-state index contributed by atoms with van der Waals surface area (Å²) in [5, 5.41) is 16.5. The number of hydrogen-bond acceptors (Lipinski definition) is 4. The number of non-ortho nitro benzene ring substituents is 1. The predicted octanol–water partition coefficient (Wildman–Crippen LogP) is 2.66. The van der Waals surface area contributed by atoms with E-state index in [1.807, 2.05) is 0 Å². The van der Waals surface area contributed by atoms with Crippen LogP contribution in [0.15, 0.2) is 24.3 Å². The van der Waals surface area contributed by atoms with Crippen molar-refractivity contribution < 1.29 is 14.5 Å². The summed E-state index contributed by atoms with van der Waals surface area (Å²) in [7, 11) is 1.61. The van der Waals surface area contributed by atoms with E-state index < -0.39 is 11.0 Å². The van der Waals surface area contributed by atoms with Crippen LogP contribution in [0.5, 0.6) is 0 Å². The van der Waals surface area contributed by atoms with Gasteiger partial charge >= 0.3 is 0 Å². The van der Waals surface area contributed by atoms with Crippen LogP contribution in [0.25, 0.3) is 0 Å². The van der Waals surface area contributed by atoms with Crippen molar-refractivity contribution in [3.63, 3.8) is 0 Å². The highest BCUT2D eigenvalue weighted by molar-refractivity contribution is 5.98. The van der Waals surface area contributed by atoms with Crippen LogP contribution in [0.2, 0.25) is 0 Å². The first kappa shape index (κ1) is 17.9. The van der Waals surface area contributed by atoms with Crippen LogP contribution in [-0.4, -0.2) is 29.8 Å². The minimum absolute atomic E-state index is 0.0597. The average molecular weight is 371 g/mol. The first-order chi connectivity index (χ1) is 12.9. The maximum Gasteiger partial charge on any atom is 0.269 e. The largest absolute Gasteiger partial charge is 0.357 e. The number of nitrogens with one attached hydrogen (secondary N) is 2. The first-order valence-electron chi connectivity index (χ1n) is 9.67. The molecule has 4 bridgehead atoms.